The molecule has 0 bridgehead atoms. The van der Waals surface area contributed by atoms with Crippen LogP contribution < -0.4 is 5.73 Å². The number of nitrogens with zero attached hydrogens (tertiary/aromatic N) is 1. The normalized spacial score (nSPS) is 28.1. The fraction of sp³-hybridized carbons (Fsp3) is 0.909. The first kappa shape index (κ1) is 10.9. The van der Waals surface area contributed by atoms with E-state index in [2.05, 4.69) is 4.90 Å². The van der Waals surface area contributed by atoms with Gasteiger partial charge in [0.15, 0.2) is 0 Å². The van der Waals surface area contributed by atoms with E-state index < -0.39 is 11.5 Å². The molecule has 15 heavy (non-hydrogen) atoms. The average Bonchev–Trinajstić information content (AvgIpc) is 2.69. The van der Waals surface area contributed by atoms with Crippen LogP contribution in [0.5, 0.6) is 0 Å². The number of hydrogen-bond donors (Lipinski definition) is 2. The van der Waals surface area contributed by atoms with Gasteiger partial charge in [-0.05, 0) is 25.7 Å². The number of carboxylic acids is 1. The van der Waals surface area contributed by atoms with E-state index in [-0.39, 0.29) is 6.04 Å². The third kappa shape index (κ3) is 1.88. The molecule has 4 heteroatoms. The summed E-state index contributed by atoms with van der Waals surface area (Å²) in [7, 11) is 0. The second-order valence-corrected chi connectivity index (χ2v) is 4.87. The second-order valence-electron chi connectivity index (χ2n) is 4.87. The predicted molar refractivity (Wildman–Crippen MR) is 57.6 cm³/mol. The minimum Gasteiger partial charge on any atom is -0.480 e. The van der Waals surface area contributed by atoms with Gasteiger partial charge in [0.05, 0.1) is 0 Å². The summed E-state index contributed by atoms with van der Waals surface area (Å²) in [5.74, 6) is -0.629. The third-order valence-corrected chi connectivity index (χ3v) is 3.97. The quantitative estimate of drug-likeness (QED) is 0.710. The molecule has 86 valence electrons. The molecular weight excluding hydrogens is 192 g/mol. The van der Waals surface area contributed by atoms with Gasteiger partial charge in [0.1, 0.15) is 5.54 Å². The van der Waals surface area contributed by atoms with Crippen LogP contribution in [0.15, 0.2) is 0 Å². The molecule has 2 rings (SSSR count). The van der Waals surface area contributed by atoms with Crippen molar-refractivity contribution in [3.63, 3.8) is 0 Å². The van der Waals surface area contributed by atoms with Crippen LogP contribution in [0, 0.1) is 0 Å². The summed E-state index contributed by atoms with van der Waals surface area (Å²) in [5.41, 5.74) is 5.29. The highest BCUT2D eigenvalue weighted by Gasteiger charge is 2.46. The van der Waals surface area contributed by atoms with Gasteiger partial charge in [0.25, 0.3) is 0 Å². The van der Waals surface area contributed by atoms with Crippen LogP contribution >= 0.6 is 0 Å². The number of hydrogen-bond acceptors (Lipinski definition) is 3. The van der Waals surface area contributed by atoms with E-state index >= 15 is 0 Å². The van der Waals surface area contributed by atoms with Gasteiger partial charge in [-0.1, -0.05) is 12.8 Å². The Kier molecular flexibility index (Phi) is 2.98. The minimum atomic E-state index is -0.629. The maximum atomic E-state index is 11.4. The number of piperidine rings is 1. The van der Waals surface area contributed by atoms with E-state index in [1.807, 2.05) is 0 Å². The van der Waals surface area contributed by atoms with Crippen molar-refractivity contribution >= 4 is 5.97 Å². The van der Waals surface area contributed by atoms with Crippen LogP contribution in [0.2, 0.25) is 0 Å². The highest BCUT2D eigenvalue weighted by molar-refractivity contribution is 5.79. The zero-order valence-electron chi connectivity index (χ0n) is 9.11. The van der Waals surface area contributed by atoms with Crippen molar-refractivity contribution in [2.75, 3.05) is 13.1 Å². The number of nitrogens with two attached hydrogens (primary N) is 1. The molecule has 0 aromatic carbocycles. The summed E-state index contributed by atoms with van der Waals surface area (Å²) in [6, 6.07) is 0.272. The molecular formula is C11H20N2O2. The Morgan fingerprint density at radius 2 is 1.80 bits per heavy atom. The van der Waals surface area contributed by atoms with E-state index in [9.17, 15) is 9.90 Å². The van der Waals surface area contributed by atoms with Crippen molar-refractivity contribution < 1.29 is 9.90 Å². The lowest BCUT2D eigenvalue weighted by atomic mass is 9.91. The van der Waals surface area contributed by atoms with Gasteiger partial charge in [0.2, 0.25) is 0 Å². The molecule has 2 aliphatic rings. The Labute approximate surface area is 90.4 Å². The van der Waals surface area contributed by atoms with Gasteiger partial charge < -0.3 is 10.8 Å². The van der Waals surface area contributed by atoms with Crippen molar-refractivity contribution in [1.29, 1.82) is 0 Å². The molecule has 0 aromatic heterocycles. The monoisotopic (exact) mass is 212 g/mol. The van der Waals surface area contributed by atoms with Crippen LogP contribution in [0.1, 0.15) is 38.5 Å². The van der Waals surface area contributed by atoms with Crippen LogP contribution in [0.3, 0.4) is 0 Å². The standard InChI is InChI=1S/C11H20N2O2/c12-9-3-7-13(8-4-9)11(10(14)15)5-1-2-6-11/h9H,1-8,12H2,(H,14,15). The van der Waals surface area contributed by atoms with Gasteiger partial charge in [-0.2, -0.15) is 0 Å². The summed E-state index contributed by atoms with van der Waals surface area (Å²) in [4.78, 5) is 13.6. The maximum Gasteiger partial charge on any atom is 0.324 e. The Morgan fingerprint density at radius 1 is 1.27 bits per heavy atom. The number of rotatable bonds is 2. The third-order valence-electron chi connectivity index (χ3n) is 3.97. The Balaban J connectivity index is 2.08. The van der Waals surface area contributed by atoms with Gasteiger partial charge >= 0.3 is 5.97 Å². The number of aliphatic carboxylic acids is 1. The van der Waals surface area contributed by atoms with E-state index in [0.717, 1.165) is 51.6 Å². The first-order chi connectivity index (χ1) is 7.15. The van der Waals surface area contributed by atoms with E-state index in [4.69, 9.17) is 5.73 Å². The Bertz CT molecular complexity index is 241. The Hall–Kier alpha value is -0.610. The van der Waals surface area contributed by atoms with Crippen molar-refractivity contribution in [2.24, 2.45) is 5.73 Å². The summed E-state index contributed by atoms with van der Waals surface area (Å²) < 4.78 is 0. The first-order valence-electron chi connectivity index (χ1n) is 5.89. The summed E-state index contributed by atoms with van der Waals surface area (Å²) in [6.07, 6.45) is 5.61. The lowest BCUT2D eigenvalue weighted by Crippen LogP contribution is -2.56. The van der Waals surface area contributed by atoms with Gasteiger partial charge in [-0.15, -0.1) is 0 Å². The largest absolute Gasteiger partial charge is 0.480 e. The Morgan fingerprint density at radius 3 is 2.27 bits per heavy atom. The molecule has 0 radical (unpaired) electrons. The van der Waals surface area contributed by atoms with Crippen LogP contribution in [0.25, 0.3) is 0 Å². The lowest BCUT2D eigenvalue weighted by molar-refractivity contribution is -0.152. The van der Waals surface area contributed by atoms with E-state index in [1.54, 1.807) is 0 Å². The average molecular weight is 212 g/mol. The number of likely N-dealkylation sites (tertiary alicyclic amines) is 1. The lowest BCUT2D eigenvalue weighted by Gasteiger charge is -2.41. The van der Waals surface area contributed by atoms with Crippen LogP contribution in [0.4, 0.5) is 0 Å². The summed E-state index contributed by atoms with van der Waals surface area (Å²) in [6.45, 7) is 1.71. The highest BCUT2D eigenvalue weighted by atomic mass is 16.4. The topological polar surface area (TPSA) is 66.6 Å². The molecule has 0 atom stereocenters. The molecule has 3 N–H and O–H groups in total. The van der Waals surface area contributed by atoms with Crippen molar-refractivity contribution in [1.82, 2.24) is 4.90 Å². The molecule has 0 spiro atoms. The van der Waals surface area contributed by atoms with Crippen LogP contribution in [-0.2, 0) is 4.79 Å². The van der Waals surface area contributed by atoms with Gasteiger partial charge in [-0.25, -0.2) is 0 Å². The van der Waals surface area contributed by atoms with Gasteiger partial charge in [0, 0.05) is 19.1 Å². The molecule has 1 aliphatic carbocycles. The first-order valence-corrected chi connectivity index (χ1v) is 5.89. The molecule has 1 heterocycles. The molecule has 0 aromatic rings. The van der Waals surface area contributed by atoms with Crippen molar-refractivity contribution in [3.8, 4) is 0 Å². The smallest absolute Gasteiger partial charge is 0.324 e. The molecule has 0 unspecified atom stereocenters. The molecule has 1 saturated carbocycles. The minimum absolute atomic E-state index is 0.272. The molecule has 1 saturated heterocycles. The van der Waals surface area contributed by atoms with E-state index in [1.165, 1.54) is 0 Å². The van der Waals surface area contributed by atoms with Crippen molar-refractivity contribution in [3.05, 3.63) is 0 Å². The van der Waals surface area contributed by atoms with Gasteiger partial charge in [-0.3, -0.25) is 9.69 Å². The number of carbonyl (C=O) groups is 1. The molecule has 1 aliphatic heterocycles. The highest BCUT2D eigenvalue weighted by Crippen LogP contribution is 2.37. The fourth-order valence-corrected chi connectivity index (χ4v) is 2.95. The fourth-order valence-electron chi connectivity index (χ4n) is 2.95. The van der Waals surface area contributed by atoms with Crippen LogP contribution in [-0.4, -0.2) is 40.6 Å². The zero-order valence-corrected chi connectivity index (χ0v) is 9.11. The molecule has 4 nitrogen and oxygen atoms in total. The SMILES string of the molecule is NC1CCN(C2(C(=O)O)CCCC2)CC1. The molecule has 0 amide bonds. The summed E-state index contributed by atoms with van der Waals surface area (Å²) in [5, 5.41) is 9.41. The zero-order chi connectivity index (χ0) is 10.9. The number of carboxylic acid groups (broad SMARTS) is 1. The van der Waals surface area contributed by atoms with Crippen molar-refractivity contribution in [2.45, 2.75) is 50.1 Å². The summed E-state index contributed by atoms with van der Waals surface area (Å²) >= 11 is 0. The van der Waals surface area contributed by atoms with E-state index in [0.29, 0.717) is 0 Å². The second kappa shape index (κ2) is 4.10. The predicted octanol–water partition coefficient (Wildman–Crippen LogP) is 0.807. The molecule has 2 fully saturated rings. The maximum absolute atomic E-state index is 11.4.